The molecule has 0 saturated carbocycles. The number of aromatic nitrogens is 2. The zero-order valence-electron chi connectivity index (χ0n) is 13.9. The van der Waals surface area contributed by atoms with Crippen molar-refractivity contribution >= 4 is 16.9 Å². The number of hydrogen-bond acceptors (Lipinski definition) is 3. The van der Waals surface area contributed by atoms with E-state index in [0.29, 0.717) is 11.9 Å². The molecule has 122 valence electrons. The fourth-order valence-corrected chi connectivity index (χ4v) is 3.97. The lowest BCUT2D eigenvalue weighted by Crippen LogP contribution is -2.58. The zero-order valence-corrected chi connectivity index (χ0v) is 13.9. The second kappa shape index (κ2) is 5.64. The van der Waals surface area contributed by atoms with Gasteiger partial charge in [-0.25, -0.2) is 4.98 Å². The molecule has 2 aliphatic heterocycles. The van der Waals surface area contributed by atoms with Crippen molar-refractivity contribution in [2.75, 3.05) is 19.6 Å². The molecule has 0 radical (unpaired) electrons. The van der Waals surface area contributed by atoms with Gasteiger partial charge in [-0.2, -0.15) is 0 Å². The number of carbonyl (C=O) groups excluding carboxylic acids is 1. The summed E-state index contributed by atoms with van der Waals surface area (Å²) >= 11 is 0. The highest BCUT2D eigenvalue weighted by molar-refractivity contribution is 5.83. The first-order chi connectivity index (χ1) is 11.1. The molecule has 2 fully saturated rings. The van der Waals surface area contributed by atoms with Crippen LogP contribution in [0.1, 0.15) is 31.2 Å². The predicted octanol–water partition coefficient (Wildman–Crippen LogP) is 2.11. The average Bonchev–Trinajstić information content (AvgIpc) is 3.15. The van der Waals surface area contributed by atoms with E-state index in [2.05, 4.69) is 44.9 Å². The number of nitrogens with zero attached hydrogens (tertiary/aromatic N) is 3. The van der Waals surface area contributed by atoms with Crippen molar-refractivity contribution in [3.63, 3.8) is 0 Å². The fraction of sp³-hybridized carbons (Fsp3) is 0.556. The number of nitrogens with one attached hydrogen (secondary N) is 1. The number of aromatic amines is 1. The van der Waals surface area contributed by atoms with E-state index in [4.69, 9.17) is 0 Å². The first-order valence-electron chi connectivity index (χ1n) is 8.61. The van der Waals surface area contributed by atoms with Crippen LogP contribution >= 0.6 is 0 Å². The maximum absolute atomic E-state index is 12.5. The number of aryl methyl sites for hydroxylation is 1. The van der Waals surface area contributed by atoms with E-state index >= 15 is 0 Å². The molecule has 0 bridgehead atoms. The van der Waals surface area contributed by atoms with Crippen molar-refractivity contribution in [2.24, 2.45) is 0 Å². The van der Waals surface area contributed by atoms with Crippen LogP contribution in [0.4, 0.5) is 0 Å². The van der Waals surface area contributed by atoms with Gasteiger partial charge in [0.15, 0.2) is 0 Å². The molecule has 4 rings (SSSR count). The molecule has 5 heteroatoms. The monoisotopic (exact) mass is 312 g/mol. The zero-order chi connectivity index (χ0) is 16.0. The molecule has 5 nitrogen and oxygen atoms in total. The largest absolute Gasteiger partial charge is 0.342 e. The van der Waals surface area contributed by atoms with Gasteiger partial charge in [-0.05, 0) is 44.4 Å². The fourth-order valence-electron chi connectivity index (χ4n) is 3.97. The summed E-state index contributed by atoms with van der Waals surface area (Å²) < 4.78 is 0. The van der Waals surface area contributed by atoms with Gasteiger partial charge >= 0.3 is 0 Å². The minimum absolute atomic E-state index is 0.00373. The molecule has 23 heavy (non-hydrogen) atoms. The topological polar surface area (TPSA) is 52.2 Å². The summed E-state index contributed by atoms with van der Waals surface area (Å²) in [4.78, 5) is 25.0. The Labute approximate surface area is 136 Å². The van der Waals surface area contributed by atoms with Gasteiger partial charge in [0.25, 0.3) is 0 Å². The summed E-state index contributed by atoms with van der Waals surface area (Å²) in [7, 11) is 0. The summed E-state index contributed by atoms with van der Waals surface area (Å²) in [5.41, 5.74) is 3.37. The third kappa shape index (κ3) is 2.63. The standard InChI is InChI=1S/C18H24N4O/c1-12-5-6-15-16(10-12)20-17(19-15)7-9-21-11-14-4-3-8-22(14)18(23)13(21)2/h5-6,10,13-14H,3-4,7-9,11H2,1-2H3,(H,19,20)/t13-,14+/m0/s1. The third-order valence-corrected chi connectivity index (χ3v) is 5.33. The molecule has 1 aromatic heterocycles. The second-order valence-corrected chi connectivity index (χ2v) is 6.95. The lowest BCUT2D eigenvalue weighted by Gasteiger charge is -2.41. The van der Waals surface area contributed by atoms with E-state index in [1.165, 1.54) is 5.56 Å². The molecule has 2 aliphatic rings. The molecule has 0 unspecified atom stereocenters. The van der Waals surface area contributed by atoms with E-state index in [0.717, 1.165) is 55.8 Å². The van der Waals surface area contributed by atoms with Gasteiger partial charge < -0.3 is 9.88 Å². The highest BCUT2D eigenvalue weighted by Crippen LogP contribution is 2.25. The number of carbonyl (C=O) groups is 1. The van der Waals surface area contributed by atoms with Gasteiger partial charge in [0, 0.05) is 32.1 Å². The molecular weight excluding hydrogens is 288 g/mol. The number of hydrogen-bond donors (Lipinski definition) is 1. The van der Waals surface area contributed by atoms with Crippen LogP contribution in [0.15, 0.2) is 18.2 Å². The Morgan fingerprint density at radius 2 is 2.26 bits per heavy atom. The van der Waals surface area contributed by atoms with Crippen molar-refractivity contribution in [2.45, 2.75) is 45.2 Å². The molecule has 1 aromatic carbocycles. The molecular formula is C18H24N4O. The number of H-pyrrole nitrogens is 1. The number of imidazole rings is 1. The Balaban J connectivity index is 1.46. The van der Waals surface area contributed by atoms with Crippen LogP contribution in [-0.4, -0.2) is 57.4 Å². The summed E-state index contributed by atoms with van der Waals surface area (Å²) in [6.45, 7) is 6.97. The van der Waals surface area contributed by atoms with E-state index in [-0.39, 0.29) is 6.04 Å². The quantitative estimate of drug-likeness (QED) is 0.944. The molecule has 0 spiro atoms. The first kappa shape index (κ1) is 14.7. The number of fused-ring (bicyclic) bond motifs is 2. The van der Waals surface area contributed by atoms with Gasteiger partial charge in [0.2, 0.25) is 5.91 Å². The maximum Gasteiger partial charge on any atom is 0.239 e. The first-order valence-corrected chi connectivity index (χ1v) is 8.61. The number of piperazine rings is 1. The van der Waals surface area contributed by atoms with E-state index < -0.39 is 0 Å². The smallest absolute Gasteiger partial charge is 0.239 e. The van der Waals surface area contributed by atoms with Crippen molar-refractivity contribution in [1.29, 1.82) is 0 Å². The van der Waals surface area contributed by atoms with Gasteiger partial charge in [-0.3, -0.25) is 9.69 Å². The summed E-state index contributed by atoms with van der Waals surface area (Å²) in [5, 5.41) is 0. The highest BCUT2D eigenvalue weighted by atomic mass is 16.2. The molecule has 2 saturated heterocycles. The Hall–Kier alpha value is -1.88. The van der Waals surface area contributed by atoms with Crippen LogP contribution in [0.3, 0.4) is 0 Å². The van der Waals surface area contributed by atoms with E-state index in [9.17, 15) is 4.79 Å². The molecule has 2 aromatic rings. The molecule has 3 heterocycles. The van der Waals surface area contributed by atoms with Crippen molar-refractivity contribution in [1.82, 2.24) is 19.8 Å². The molecule has 0 aliphatic carbocycles. The van der Waals surface area contributed by atoms with Crippen molar-refractivity contribution in [3.05, 3.63) is 29.6 Å². The summed E-state index contributed by atoms with van der Waals surface area (Å²) in [6.07, 6.45) is 3.16. The van der Waals surface area contributed by atoms with Gasteiger partial charge in [0.1, 0.15) is 5.82 Å². The molecule has 1 amide bonds. The normalized spacial score (nSPS) is 25.3. The lowest BCUT2D eigenvalue weighted by atomic mass is 10.1. The van der Waals surface area contributed by atoms with Crippen LogP contribution < -0.4 is 0 Å². The van der Waals surface area contributed by atoms with E-state index in [1.807, 2.05) is 6.92 Å². The Morgan fingerprint density at radius 1 is 1.39 bits per heavy atom. The van der Waals surface area contributed by atoms with Gasteiger partial charge in [-0.1, -0.05) is 6.07 Å². The predicted molar refractivity (Wildman–Crippen MR) is 90.3 cm³/mol. The maximum atomic E-state index is 12.5. The molecule has 1 N–H and O–H groups in total. The van der Waals surface area contributed by atoms with Crippen molar-refractivity contribution in [3.8, 4) is 0 Å². The lowest BCUT2D eigenvalue weighted by molar-refractivity contribution is -0.142. The Morgan fingerprint density at radius 3 is 3.13 bits per heavy atom. The number of amides is 1. The number of benzene rings is 1. The second-order valence-electron chi connectivity index (χ2n) is 6.95. The highest BCUT2D eigenvalue weighted by Gasteiger charge is 2.39. The average molecular weight is 312 g/mol. The Kier molecular flexibility index (Phi) is 3.60. The SMILES string of the molecule is Cc1ccc2nc(CCN3C[C@H]4CCCN4C(=O)[C@@H]3C)[nH]c2c1. The van der Waals surface area contributed by atoms with Crippen LogP contribution in [-0.2, 0) is 11.2 Å². The van der Waals surface area contributed by atoms with Crippen LogP contribution in [0, 0.1) is 6.92 Å². The van der Waals surface area contributed by atoms with Crippen LogP contribution in [0.25, 0.3) is 11.0 Å². The summed E-state index contributed by atoms with van der Waals surface area (Å²) in [5.74, 6) is 1.32. The van der Waals surface area contributed by atoms with Gasteiger partial charge in [-0.15, -0.1) is 0 Å². The minimum atomic E-state index is -0.00373. The molecule has 2 atom stereocenters. The van der Waals surface area contributed by atoms with Crippen LogP contribution in [0.5, 0.6) is 0 Å². The Bertz CT molecular complexity index is 738. The van der Waals surface area contributed by atoms with Gasteiger partial charge in [0.05, 0.1) is 17.1 Å². The number of rotatable bonds is 3. The third-order valence-electron chi connectivity index (χ3n) is 5.33. The summed E-state index contributed by atoms with van der Waals surface area (Å²) in [6, 6.07) is 6.71. The van der Waals surface area contributed by atoms with Crippen molar-refractivity contribution < 1.29 is 4.79 Å². The van der Waals surface area contributed by atoms with Crippen LogP contribution in [0.2, 0.25) is 0 Å². The minimum Gasteiger partial charge on any atom is -0.342 e. The van der Waals surface area contributed by atoms with E-state index in [1.54, 1.807) is 0 Å².